The molecule has 0 atom stereocenters. The first-order chi connectivity index (χ1) is 13.5. The third-order valence-electron chi connectivity index (χ3n) is 4.25. The van der Waals surface area contributed by atoms with Gasteiger partial charge in [-0.3, -0.25) is 4.90 Å². The second kappa shape index (κ2) is 8.63. The molecule has 1 aromatic carbocycles. The van der Waals surface area contributed by atoms with Gasteiger partial charge in [0.05, 0.1) is 0 Å². The van der Waals surface area contributed by atoms with E-state index in [-0.39, 0.29) is 17.7 Å². The second-order valence-corrected chi connectivity index (χ2v) is 10.1. The Morgan fingerprint density at radius 2 is 1.63 bits per heavy atom. The van der Waals surface area contributed by atoms with Gasteiger partial charge in [0, 0.05) is 38.3 Å². The molecule has 170 valence electrons. The zero-order chi connectivity index (χ0) is 22.9. The summed E-state index contributed by atoms with van der Waals surface area (Å²) in [6.45, 7) is 7.98. The summed E-state index contributed by atoms with van der Waals surface area (Å²) in [4.78, 5) is 14.7. The van der Waals surface area contributed by atoms with E-state index in [4.69, 9.17) is 4.74 Å². The molecule has 9 nitrogen and oxygen atoms in total. The van der Waals surface area contributed by atoms with Crippen LogP contribution in [0, 0.1) is 6.92 Å². The van der Waals surface area contributed by atoms with E-state index in [0.717, 1.165) is 19.1 Å². The molecule has 1 aromatic rings. The van der Waals surface area contributed by atoms with E-state index in [2.05, 4.69) is 4.18 Å². The first kappa shape index (κ1) is 24.3. The van der Waals surface area contributed by atoms with Crippen molar-refractivity contribution in [3.8, 4) is 5.75 Å². The normalized spacial score (nSPS) is 16.4. The van der Waals surface area contributed by atoms with E-state index in [1.54, 1.807) is 20.8 Å². The molecule has 0 N–H and O–H groups in total. The lowest BCUT2D eigenvalue weighted by Gasteiger charge is -2.35. The van der Waals surface area contributed by atoms with Crippen molar-refractivity contribution in [2.75, 3.05) is 26.2 Å². The maximum Gasteiger partial charge on any atom is 0.488 e. The Balaban J connectivity index is 2.17. The van der Waals surface area contributed by atoms with Crippen LogP contribution in [-0.4, -0.2) is 64.5 Å². The van der Waals surface area contributed by atoms with Gasteiger partial charge >= 0.3 is 26.8 Å². The summed E-state index contributed by atoms with van der Waals surface area (Å²) in [5.74, 6) is -0.612. The van der Waals surface area contributed by atoms with Crippen LogP contribution < -0.4 is 4.18 Å². The van der Waals surface area contributed by atoms with Crippen molar-refractivity contribution in [2.45, 2.75) is 44.7 Å². The van der Waals surface area contributed by atoms with Gasteiger partial charge in [-0.15, -0.1) is 3.89 Å². The molecule has 1 aliphatic heterocycles. The van der Waals surface area contributed by atoms with Gasteiger partial charge in [0.15, 0.2) is 0 Å². The number of benzene rings is 1. The smallest absolute Gasteiger partial charge is 0.444 e. The van der Waals surface area contributed by atoms with Crippen LogP contribution in [-0.2, 0) is 32.0 Å². The molecule has 1 saturated heterocycles. The molecule has 0 saturated carbocycles. The number of halogens is 2. The van der Waals surface area contributed by atoms with Gasteiger partial charge < -0.3 is 13.8 Å². The first-order valence-electron chi connectivity index (χ1n) is 8.98. The number of nitrogens with zero attached hydrogens (tertiary/aromatic N) is 2. The van der Waals surface area contributed by atoms with Crippen molar-refractivity contribution in [3.05, 3.63) is 23.3 Å². The average Bonchev–Trinajstić information content (AvgIpc) is 2.54. The molecule has 1 heterocycles. The van der Waals surface area contributed by atoms with Crippen LogP contribution in [0.4, 0.5) is 12.6 Å². The molecular weight excluding hydrogens is 446 g/mol. The summed E-state index contributed by atoms with van der Waals surface area (Å²) >= 11 is 0. The van der Waals surface area contributed by atoms with Gasteiger partial charge in [0.1, 0.15) is 16.2 Å². The fraction of sp³-hybridized carbons (Fsp3) is 0.588. The van der Waals surface area contributed by atoms with Crippen molar-refractivity contribution in [3.63, 3.8) is 0 Å². The lowest BCUT2D eigenvalue weighted by molar-refractivity contribution is 0.0139. The molecule has 2 rings (SSSR count). The molecule has 0 aromatic heterocycles. The quantitative estimate of drug-likeness (QED) is 0.603. The van der Waals surface area contributed by atoms with Gasteiger partial charge in [0.2, 0.25) is 0 Å². The number of ether oxygens (including phenoxy) is 1. The third-order valence-corrected chi connectivity index (χ3v) is 5.58. The topological polar surface area (TPSA) is 110 Å². The highest BCUT2D eigenvalue weighted by molar-refractivity contribution is 7.86. The van der Waals surface area contributed by atoms with Crippen molar-refractivity contribution < 1.29 is 38.3 Å². The lowest BCUT2D eigenvalue weighted by atomic mass is 10.1. The van der Waals surface area contributed by atoms with Crippen molar-refractivity contribution in [1.29, 1.82) is 0 Å². The first-order valence-corrected chi connectivity index (χ1v) is 11.7. The predicted octanol–water partition coefficient (Wildman–Crippen LogP) is 2.30. The Bertz CT molecular complexity index is 1010. The fourth-order valence-corrected chi connectivity index (χ4v) is 4.07. The highest BCUT2D eigenvalue weighted by Gasteiger charge is 2.27. The number of carbonyl (C=O) groups is 1. The molecule has 0 radical (unpaired) electrons. The standard InChI is InChI=1S/C17H24F2N2O7S2/c1-12-14(28-30(19,25)26)9-13(10-15(12)29(18,23)24)11-20-5-7-21(8-6-20)16(22)27-17(2,3)4/h9-10H,5-8,11H2,1-4H3. The minimum absolute atomic E-state index is 0.105. The molecule has 1 amide bonds. The van der Waals surface area contributed by atoms with Crippen LogP contribution in [0.3, 0.4) is 0 Å². The van der Waals surface area contributed by atoms with E-state index in [0.29, 0.717) is 26.2 Å². The largest absolute Gasteiger partial charge is 0.488 e. The van der Waals surface area contributed by atoms with Gasteiger partial charge in [0.25, 0.3) is 0 Å². The van der Waals surface area contributed by atoms with Crippen LogP contribution in [0.2, 0.25) is 0 Å². The SMILES string of the molecule is Cc1c(OS(=O)(=O)F)cc(CN2CCN(C(=O)OC(C)(C)C)CC2)cc1S(=O)(=O)F. The molecule has 0 spiro atoms. The van der Waals surface area contributed by atoms with Crippen molar-refractivity contribution in [2.24, 2.45) is 0 Å². The third kappa shape index (κ3) is 7.06. The Hall–Kier alpha value is -1.99. The van der Waals surface area contributed by atoms with E-state index >= 15 is 0 Å². The summed E-state index contributed by atoms with van der Waals surface area (Å²) in [5.41, 5.74) is -0.782. The lowest BCUT2D eigenvalue weighted by Crippen LogP contribution is -2.49. The number of hydrogen-bond donors (Lipinski definition) is 0. The summed E-state index contributed by atoms with van der Waals surface area (Å²) in [7, 11) is -10.6. The van der Waals surface area contributed by atoms with Crippen molar-refractivity contribution >= 4 is 26.8 Å². The van der Waals surface area contributed by atoms with E-state index in [1.807, 2.05) is 4.90 Å². The van der Waals surface area contributed by atoms with E-state index < -0.39 is 43.1 Å². The molecule has 1 aliphatic rings. The van der Waals surface area contributed by atoms with Crippen LogP contribution >= 0.6 is 0 Å². The number of amides is 1. The van der Waals surface area contributed by atoms with Gasteiger partial charge in [-0.2, -0.15) is 16.8 Å². The highest BCUT2D eigenvalue weighted by atomic mass is 32.3. The van der Waals surface area contributed by atoms with E-state index in [1.165, 1.54) is 4.90 Å². The maximum atomic E-state index is 13.6. The summed E-state index contributed by atoms with van der Waals surface area (Å²) < 4.78 is 80.5. The average molecular weight is 471 g/mol. The number of piperazine rings is 1. The molecular formula is C17H24F2N2O7S2. The fourth-order valence-electron chi connectivity index (χ4n) is 2.93. The Kier molecular flexibility index (Phi) is 6.99. The second-order valence-electron chi connectivity index (χ2n) is 7.87. The van der Waals surface area contributed by atoms with Crippen LogP contribution in [0.1, 0.15) is 31.9 Å². The number of hydrogen-bond acceptors (Lipinski definition) is 8. The van der Waals surface area contributed by atoms with Gasteiger partial charge in [-0.1, -0.05) is 3.89 Å². The molecule has 1 fully saturated rings. The Morgan fingerprint density at radius 3 is 2.10 bits per heavy atom. The minimum Gasteiger partial charge on any atom is -0.444 e. The molecule has 0 bridgehead atoms. The monoisotopic (exact) mass is 470 g/mol. The predicted molar refractivity (Wildman–Crippen MR) is 103 cm³/mol. The molecule has 0 unspecified atom stereocenters. The Morgan fingerprint density at radius 1 is 1.07 bits per heavy atom. The number of carbonyl (C=O) groups excluding carboxylic acids is 1. The van der Waals surface area contributed by atoms with Crippen LogP contribution in [0.15, 0.2) is 17.0 Å². The van der Waals surface area contributed by atoms with Crippen molar-refractivity contribution in [1.82, 2.24) is 9.80 Å². The van der Waals surface area contributed by atoms with Gasteiger partial charge in [-0.25, -0.2) is 4.79 Å². The summed E-state index contributed by atoms with van der Waals surface area (Å²) in [6, 6.07) is 2.18. The number of rotatable bonds is 5. The Labute approximate surface area is 175 Å². The van der Waals surface area contributed by atoms with Gasteiger partial charge in [-0.05, 0) is 45.4 Å². The highest BCUT2D eigenvalue weighted by Crippen LogP contribution is 2.30. The van der Waals surface area contributed by atoms with Crippen LogP contribution in [0.25, 0.3) is 0 Å². The molecule has 0 aliphatic carbocycles. The zero-order valence-corrected chi connectivity index (χ0v) is 18.6. The van der Waals surface area contributed by atoms with Crippen LogP contribution in [0.5, 0.6) is 5.75 Å². The zero-order valence-electron chi connectivity index (χ0n) is 17.0. The maximum absolute atomic E-state index is 13.6. The summed E-state index contributed by atoms with van der Waals surface area (Å²) in [6.07, 6.45) is -0.452. The summed E-state index contributed by atoms with van der Waals surface area (Å²) in [5, 5.41) is 0. The molecule has 30 heavy (non-hydrogen) atoms. The minimum atomic E-state index is -5.43. The molecule has 13 heteroatoms. The van der Waals surface area contributed by atoms with E-state index in [9.17, 15) is 29.4 Å².